The summed E-state index contributed by atoms with van der Waals surface area (Å²) < 4.78 is 5.09. The topological polar surface area (TPSA) is 68.3 Å². The lowest BCUT2D eigenvalue weighted by molar-refractivity contribution is -0.129. The van der Waals surface area contributed by atoms with E-state index in [0.29, 0.717) is 6.54 Å². The van der Waals surface area contributed by atoms with Crippen LogP contribution >= 0.6 is 0 Å². The molecule has 0 aliphatic rings. The van der Waals surface area contributed by atoms with Crippen molar-refractivity contribution >= 4 is 11.9 Å². The molecule has 0 radical (unpaired) electrons. The highest BCUT2D eigenvalue weighted by Gasteiger charge is 2.19. The third-order valence-electron chi connectivity index (χ3n) is 3.11. The van der Waals surface area contributed by atoms with E-state index in [2.05, 4.69) is 10.3 Å². The molecule has 0 aliphatic carbocycles. The molecule has 0 bridgehead atoms. The van der Waals surface area contributed by atoms with Crippen molar-refractivity contribution in [2.75, 3.05) is 0 Å². The van der Waals surface area contributed by atoms with Gasteiger partial charge in [-0.3, -0.25) is 4.79 Å². The Hall–Kier alpha value is -2.69. The molecule has 1 amide bonds. The van der Waals surface area contributed by atoms with Crippen molar-refractivity contribution in [1.29, 1.82) is 0 Å². The van der Waals surface area contributed by atoms with Crippen LogP contribution < -0.4 is 5.32 Å². The summed E-state index contributed by atoms with van der Waals surface area (Å²) in [4.78, 5) is 27.6. The number of hydrogen-bond donors (Lipinski definition) is 1. The number of nitrogens with one attached hydrogen (secondary N) is 1. The Labute approximate surface area is 129 Å². The van der Waals surface area contributed by atoms with E-state index in [-0.39, 0.29) is 11.6 Å². The van der Waals surface area contributed by atoms with Gasteiger partial charge in [0.05, 0.1) is 0 Å². The Morgan fingerprint density at radius 3 is 2.55 bits per heavy atom. The second-order valence-corrected chi connectivity index (χ2v) is 4.97. The van der Waals surface area contributed by atoms with Gasteiger partial charge in [0.25, 0.3) is 5.91 Å². The van der Waals surface area contributed by atoms with Crippen LogP contribution in [0.4, 0.5) is 0 Å². The second kappa shape index (κ2) is 7.36. The fraction of sp³-hybridized carbons (Fsp3) is 0.235. The van der Waals surface area contributed by atoms with E-state index >= 15 is 0 Å². The van der Waals surface area contributed by atoms with Crippen LogP contribution in [0.1, 0.15) is 28.5 Å². The van der Waals surface area contributed by atoms with Crippen LogP contribution in [-0.2, 0) is 16.1 Å². The van der Waals surface area contributed by atoms with E-state index in [1.807, 2.05) is 31.2 Å². The van der Waals surface area contributed by atoms with Gasteiger partial charge in [0, 0.05) is 12.7 Å². The number of hydrogen-bond acceptors (Lipinski definition) is 4. The lowest BCUT2D eigenvalue weighted by Crippen LogP contribution is -2.35. The van der Waals surface area contributed by atoms with E-state index in [9.17, 15) is 9.59 Å². The first-order chi connectivity index (χ1) is 10.6. The fourth-order valence-corrected chi connectivity index (χ4v) is 1.80. The zero-order valence-electron chi connectivity index (χ0n) is 12.6. The minimum atomic E-state index is -0.875. The predicted molar refractivity (Wildman–Crippen MR) is 82.1 cm³/mol. The molecule has 114 valence electrons. The molecule has 2 aromatic rings. The van der Waals surface area contributed by atoms with E-state index in [1.165, 1.54) is 13.1 Å². The van der Waals surface area contributed by atoms with Crippen LogP contribution in [0.3, 0.4) is 0 Å². The molecule has 5 heteroatoms. The number of aromatic nitrogens is 1. The molecule has 2 rings (SSSR count). The third-order valence-corrected chi connectivity index (χ3v) is 3.11. The Balaban J connectivity index is 1.84. The molecule has 1 unspecified atom stereocenters. The maximum atomic E-state index is 11.9. The molecule has 0 saturated heterocycles. The lowest BCUT2D eigenvalue weighted by Gasteiger charge is -2.13. The molecule has 1 atom stereocenters. The number of carbonyl (C=O) groups excluding carboxylic acids is 2. The molecule has 0 spiro atoms. The molecule has 1 N–H and O–H groups in total. The number of amides is 1. The summed E-state index contributed by atoms with van der Waals surface area (Å²) in [6.07, 6.45) is 0.624. The number of aryl methyl sites for hydroxylation is 1. The molecule has 0 fully saturated rings. The van der Waals surface area contributed by atoms with Gasteiger partial charge in [-0.25, -0.2) is 9.78 Å². The zero-order chi connectivity index (χ0) is 15.9. The molecule has 0 saturated carbocycles. The van der Waals surface area contributed by atoms with Crippen LogP contribution in [-0.4, -0.2) is 23.0 Å². The van der Waals surface area contributed by atoms with Crippen LogP contribution in [0, 0.1) is 6.92 Å². The monoisotopic (exact) mass is 298 g/mol. The van der Waals surface area contributed by atoms with Gasteiger partial charge in [-0.05, 0) is 31.5 Å². The fourth-order valence-electron chi connectivity index (χ4n) is 1.80. The molecular weight excluding hydrogens is 280 g/mol. The zero-order valence-corrected chi connectivity index (χ0v) is 12.6. The first kappa shape index (κ1) is 15.7. The standard InChI is InChI=1S/C17H18N2O3/c1-12-6-8-14(9-7-12)11-19-16(20)13(2)22-17(21)15-5-3-4-10-18-15/h3-10,13H,11H2,1-2H3,(H,19,20). The Kier molecular flexibility index (Phi) is 5.25. The Morgan fingerprint density at radius 2 is 1.91 bits per heavy atom. The van der Waals surface area contributed by atoms with Crippen molar-refractivity contribution < 1.29 is 14.3 Å². The SMILES string of the molecule is Cc1ccc(CNC(=O)C(C)OC(=O)c2ccccn2)cc1. The summed E-state index contributed by atoms with van der Waals surface area (Å²) >= 11 is 0. The van der Waals surface area contributed by atoms with Gasteiger partial charge in [-0.2, -0.15) is 0 Å². The number of ether oxygens (including phenoxy) is 1. The number of esters is 1. The van der Waals surface area contributed by atoms with Gasteiger partial charge in [0.2, 0.25) is 0 Å². The largest absolute Gasteiger partial charge is 0.448 e. The normalized spacial score (nSPS) is 11.5. The lowest BCUT2D eigenvalue weighted by atomic mass is 10.1. The van der Waals surface area contributed by atoms with Crippen LogP contribution in [0.15, 0.2) is 48.7 Å². The molecule has 0 aliphatic heterocycles. The first-order valence-electron chi connectivity index (χ1n) is 7.01. The smallest absolute Gasteiger partial charge is 0.357 e. The number of rotatable bonds is 5. The second-order valence-electron chi connectivity index (χ2n) is 4.97. The summed E-state index contributed by atoms with van der Waals surface area (Å²) in [5, 5.41) is 2.74. The van der Waals surface area contributed by atoms with Crippen LogP contribution in [0.25, 0.3) is 0 Å². The van der Waals surface area contributed by atoms with Crippen LogP contribution in [0.2, 0.25) is 0 Å². The number of nitrogens with zero attached hydrogens (tertiary/aromatic N) is 1. The molecule has 5 nitrogen and oxygen atoms in total. The summed E-state index contributed by atoms with van der Waals surface area (Å²) in [5.74, 6) is -0.955. The predicted octanol–water partition coefficient (Wildman–Crippen LogP) is 2.25. The van der Waals surface area contributed by atoms with Crippen molar-refractivity contribution in [3.05, 3.63) is 65.5 Å². The molecule has 1 aromatic carbocycles. The molecular formula is C17H18N2O3. The van der Waals surface area contributed by atoms with Crippen molar-refractivity contribution in [1.82, 2.24) is 10.3 Å². The summed E-state index contributed by atoms with van der Waals surface area (Å²) in [7, 11) is 0. The minimum Gasteiger partial charge on any atom is -0.448 e. The number of pyridine rings is 1. The van der Waals surface area contributed by atoms with E-state index < -0.39 is 12.1 Å². The van der Waals surface area contributed by atoms with Crippen molar-refractivity contribution in [2.45, 2.75) is 26.5 Å². The number of carbonyl (C=O) groups is 2. The third kappa shape index (κ3) is 4.41. The number of benzene rings is 1. The summed E-state index contributed by atoms with van der Waals surface area (Å²) in [6.45, 7) is 3.93. The molecule has 1 heterocycles. The highest BCUT2D eigenvalue weighted by atomic mass is 16.5. The summed E-state index contributed by atoms with van der Waals surface area (Å²) in [5.41, 5.74) is 2.33. The van der Waals surface area contributed by atoms with Crippen LogP contribution in [0.5, 0.6) is 0 Å². The van der Waals surface area contributed by atoms with Gasteiger partial charge < -0.3 is 10.1 Å². The van der Waals surface area contributed by atoms with Crippen molar-refractivity contribution in [3.8, 4) is 0 Å². The maximum absolute atomic E-state index is 11.9. The molecule has 22 heavy (non-hydrogen) atoms. The average Bonchev–Trinajstić information content (AvgIpc) is 2.54. The van der Waals surface area contributed by atoms with E-state index in [4.69, 9.17) is 4.74 Å². The Bertz CT molecular complexity index is 639. The van der Waals surface area contributed by atoms with Crippen molar-refractivity contribution in [2.24, 2.45) is 0 Å². The molecule has 1 aromatic heterocycles. The summed E-state index contributed by atoms with van der Waals surface area (Å²) in [6, 6.07) is 12.8. The first-order valence-corrected chi connectivity index (χ1v) is 7.01. The van der Waals surface area contributed by atoms with Gasteiger partial charge >= 0.3 is 5.97 Å². The van der Waals surface area contributed by atoms with Gasteiger partial charge in [-0.15, -0.1) is 0 Å². The van der Waals surface area contributed by atoms with Gasteiger partial charge in [0.15, 0.2) is 6.10 Å². The average molecular weight is 298 g/mol. The van der Waals surface area contributed by atoms with Crippen molar-refractivity contribution in [3.63, 3.8) is 0 Å². The van der Waals surface area contributed by atoms with Gasteiger partial charge in [0.1, 0.15) is 5.69 Å². The maximum Gasteiger partial charge on any atom is 0.357 e. The highest BCUT2D eigenvalue weighted by Crippen LogP contribution is 2.04. The minimum absolute atomic E-state index is 0.181. The highest BCUT2D eigenvalue weighted by molar-refractivity contribution is 5.90. The van der Waals surface area contributed by atoms with E-state index in [0.717, 1.165) is 11.1 Å². The quantitative estimate of drug-likeness (QED) is 0.860. The van der Waals surface area contributed by atoms with E-state index in [1.54, 1.807) is 18.2 Å². The Morgan fingerprint density at radius 1 is 1.18 bits per heavy atom. The van der Waals surface area contributed by atoms with Gasteiger partial charge in [-0.1, -0.05) is 35.9 Å².